The van der Waals surface area contributed by atoms with Crippen molar-refractivity contribution in [1.82, 2.24) is 0 Å². The first kappa shape index (κ1) is 71.1. The van der Waals surface area contributed by atoms with Gasteiger partial charge in [-0.3, -0.25) is 0 Å². The Bertz CT molecular complexity index is 879. The summed E-state index contributed by atoms with van der Waals surface area (Å²) in [5.74, 6) is 6.51. The van der Waals surface area contributed by atoms with Crippen molar-refractivity contribution in [2.24, 2.45) is 35.5 Å². The van der Waals surface area contributed by atoms with Crippen LogP contribution in [0.25, 0.3) is 0 Å². The maximum atomic E-state index is 7.00. The number of rotatable bonds is 56. The van der Waals surface area contributed by atoms with E-state index in [1.54, 1.807) is 0 Å². The lowest BCUT2D eigenvalue weighted by atomic mass is 10.0. The maximum Gasteiger partial charge on any atom is 0.165 e. The molecule has 0 heterocycles. The molecule has 69 heavy (non-hydrogen) atoms. The molecular weight excluding hydrogens is 1010 g/mol. The van der Waals surface area contributed by atoms with Crippen molar-refractivity contribution in [3.05, 3.63) is 0 Å². The third-order valence-electron chi connectivity index (χ3n) is 15.4. The first-order valence-corrected chi connectivity index (χ1v) is 41.6. The average Bonchev–Trinajstić information content (AvgIpc) is 3.37. The SMILES string of the molecule is CCCCC(CC)CO[SiH2]C(CCSSSCCC([SiH2]OCC(CC)CCCC)([SiH2]OCC(CC)CCCC)[SiH2]OCC(CC)CCCC)([SiH2]OCC(CC)CCCC)[SiH2]OCC(CC)CCCC. The minimum absolute atomic E-state index is 0.270. The molecule has 6 atom stereocenters. The van der Waals surface area contributed by atoms with Gasteiger partial charge in [0.1, 0.15) is 0 Å². The molecule has 0 aliphatic carbocycles. The van der Waals surface area contributed by atoms with E-state index in [2.05, 4.69) is 114 Å². The molecule has 0 saturated heterocycles. The summed E-state index contributed by atoms with van der Waals surface area (Å²) in [6.07, 6.45) is 33.2. The maximum absolute atomic E-state index is 7.00. The van der Waals surface area contributed by atoms with Gasteiger partial charge in [-0.2, -0.15) is 0 Å². The summed E-state index contributed by atoms with van der Waals surface area (Å²) in [5.41, 5.74) is 0. The molecule has 0 rings (SSSR count). The van der Waals surface area contributed by atoms with Gasteiger partial charge < -0.3 is 26.6 Å². The Kier molecular flexibility index (Phi) is 52.5. The predicted molar refractivity (Wildman–Crippen MR) is 334 cm³/mol. The van der Waals surface area contributed by atoms with Crippen molar-refractivity contribution in [1.29, 1.82) is 0 Å². The van der Waals surface area contributed by atoms with Crippen molar-refractivity contribution in [3.63, 3.8) is 0 Å². The van der Waals surface area contributed by atoms with Crippen LogP contribution in [0.4, 0.5) is 0 Å². The fourth-order valence-electron chi connectivity index (χ4n) is 9.34. The van der Waals surface area contributed by atoms with Crippen LogP contribution < -0.4 is 0 Å². The zero-order chi connectivity index (χ0) is 51.1. The van der Waals surface area contributed by atoms with Crippen LogP contribution in [0, 0.1) is 35.5 Å². The van der Waals surface area contributed by atoms with Gasteiger partial charge in [0, 0.05) is 59.7 Å². The molecule has 0 N–H and O–H groups in total. The minimum Gasteiger partial charge on any atom is -0.424 e. The van der Waals surface area contributed by atoms with E-state index in [1.807, 2.05) is 0 Å². The van der Waals surface area contributed by atoms with Gasteiger partial charge in [-0.05, 0) is 96.7 Å². The molecule has 0 aromatic rings. The molecule has 0 aromatic heterocycles. The highest BCUT2D eigenvalue weighted by molar-refractivity contribution is 9.09. The molecule has 6 nitrogen and oxygen atoms in total. The lowest BCUT2D eigenvalue weighted by Gasteiger charge is -2.34. The molecule has 416 valence electrons. The van der Waals surface area contributed by atoms with Gasteiger partial charge in [0.25, 0.3) is 0 Å². The number of unbranched alkanes of at least 4 members (excludes halogenated alkanes) is 6. The van der Waals surface area contributed by atoms with Gasteiger partial charge >= 0.3 is 0 Å². The van der Waals surface area contributed by atoms with Crippen molar-refractivity contribution in [3.8, 4) is 0 Å². The summed E-state index contributed by atoms with van der Waals surface area (Å²) in [5, 5.41) is 0. The first-order valence-electron chi connectivity index (χ1n) is 30.0. The van der Waals surface area contributed by atoms with Crippen molar-refractivity contribution in [2.45, 2.75) is 259 Å². The molecule has 0 aromatic carbocycles. The molecule has 0 saturated carbocycles. The fourth-order valence-corrected chi connectivity index (χ4v) is 29.5. The third kappa shape index (κ3) is 38.3. The van der Waals surface area contributed by atoms with E-state index >= 15 is 0 Å². The smallest absolute Gasteiger partial charge is 0.165 e. The van der Waals surface area contributed by atoms with Crippen LogP contribution in [-0.2, 0) is 26.6 Å². The van der Waals surface area contributed by atoms with Crippen LogP contribution in [0.2, 0.25) is 8.57 Å². The van der Waals surface area contributed by atoms with E-state index in [0.29, 0.717) is 35.5 Å². The molecule has 0 fully saturated rings. The standard InChI is InChI=1S/C54H122O6S3Si6/c1-13-25-31-47(19-7)41-55-64-53(65-56-42-48(20-8)32-26-14-2,66-57-43-49(21-9)33-27-15-3)37-39-61-63-62-40-38-54(67-58-44-50(22-10)34-28-16-4,68-59-45-51(23-11)35-29-17-5)69-60-46-52(24-12)36-30-18-6/h47-52H,13-46,64-69H2,1-12H3. The molecule has 15 heteroatoms. The number of hydrogen-bond acceptors (Lipinski definition) is 9. The monoisotopic (exact) mass is 1130 g/mol. The topological polar surface area (TPSA) is 55.4 Å². The summed E-state index contributed by atoms with van der Waals surface area (Å²) in [6.45, 7) is 33.9. The zero-order valence-corrected chi connectivity index (χ0v) is 59.4. The van der Waals surface area contributed by atoms with Crippen LogP contribution in [0.5, 0.6) is 0 Å². The van der Waals surface area contributed by atoms with E-state index in [-0.39, 0.29) is 8.57 Å². The Balaban J connectivity index is 6.32. The minimum atomic E-state index is -0.802. The van der Waals surface area contributed by atoms with Gasteiger partial charge in [0.05, 0.1) is 0 Å². The summed E-state index contributed by atoms with van der Waals surface area (Å²) in [4.78, 5) is 0. The Morgan fingerprint density at radius 1 is 0.304 bits per heavy atom. The molecule has 0 aliphatic rings. The summed E-state index contributed by atoms with van der Waals surface area (Å²) < 4.78 is 42.6. The largest absolute Gasteiger partial charge is 0.424 e. The van der Waals surface area contributed by atoms with E-state index in [0.717, 1.165) is 39.6 Å². The van der Waals surface area contributed by atoms with Crippen molar-refractivity contribution >= 4 is 90.0 Å². The molecule has 0 radical (unpaired) electrons. The third-order valence-corrected chi connectivity index (χ3v) is 35.4. The summed E-state index contributed by atoms with van der Waals surface area (Å²) in [7, 11) is 1.48. The van der Waals surface area contributed by atoms with Crippen LogP contribution in [0.15, 0.2) is 0 Å². The Labute approximate surface area is 458 Å². The van der Waals surface area contributed by atoms with Crippen molar-refractivity contribution in [2.75, 3.05) is 51.1 Å². The highest BCUT2D eigenvalue weighted by Crippen LogP contribution is 2.42. The quantitative estimate of drug-likeness (QED) is 0.0337. The first-order chi connectivity index (χ1) is 33.7. The van der Waals surface area contributed by atoms with E-state index in [9.17, 15) is 0 Å². The molecule has 0 spiro atoms. The highest BCUT2D eigenvalue weighted by Gasteiger charge is 2.37. The molecular formula is C54H122O6S3Si6. The van der Waals surface area contributed by atoms with Crippen LogP contribution in [0.1, 0.15) is 250 Å². The Hall–Kier alpha value is 2.11. The lowest BCUT2D eigenvalue weighted by molar-refractivity contribution is 0.218. The van der Waals surface area contributed by atoms with Gasteiger partial charge in [0.2, 0.25) is 0 Å². The average molecular weight is 1130 g/mol. The van der Waals surface area contributed by atoms with E-state index in [4.69, 9.17) is 26.6 Å². The normalized spacial score (nSPS) is 17.6. The molecule has 0 bridgehead atoms. The Morgan fingerprint density at radius 3 is 0.652 bits per heavy atom. The van der Waals surface area contributed by atoms with Gasteiger partial charge in [0.15, 0.2) is 58.6 Å². The van der Waals surface area contributed by atoms with Crippen LogP contribution in [0.3, 0.4) is 0 Å². The van der Waals surface area contributed by atoms with Crippen LogP contribution >= 0.6 is 31.4 Å². The van der Waals surface area contributed by atoms with Gasteiger partial charge in [-0.25, -0.2) is 0 Å². The summed E-state index contributed by atoms with van der Waals surface area (Å²) >= 11 is 0. The van der Waals surface area contributed by atoms with Crippen LogP contribution in [-0.4, -0.2) is 110 Å². The highest BCUT2D eigenvalue weighted by atomic mass is 33.5. The van der Waals surface area contributed by atoms with Gasteiger partial charge in [-0.15, -0.1) is 0 Å². The molecule has 0 amide bonds. The zero-order valence-electron chi connectivity index (χ0n) is 48.4. The second-order valence-corrected chi connectivity index (χ2v) is 45.5. The Morgan fingerprint density at radius 2 is 0.493 bits per heavy atom. The lowest BCUT2D eigenvalue weighted by Crippen LogP contribution is -2.40. The number of hydrogen-bond donors (Lipinski definition) is 0. The van der Waals surface area contributed by atoms with E-state index in [1.165, 1.54) is 178 Å². The van der Waals surface area contributed by atoms with Gasteiger partial charge in [-0.1, -0.05) is 220 Å². The molecule has 0 aliphatic heterocycles. The fraction of sp³-hybridized carbons (Fsp3) is 1.00. The second-order valence-electron chi connectivity index (χ2n) is 21.8. The predicted octanol–water partition coefficient (Wildman–Crippen LogP) is 13.8. The molecule has 6 unspecified atom stereocenters. The summed E-state index contributed by atoms with van der Waals surface area (Å²) in [6, 6.07) is 0. The van der Waals surface area contributed by atoms with E-state index < -0.39 is 58.6 Å². The second kappa shape index (κ2) is 50.9. The van der Waals surface area contributed by atoms with Crippen molar-refractivity contribution < 1.29 is 26.6 Å².